The molecule has 1 aliphatic rings. The Morgan fingerprint density at radius 2 is 1.84 bits per heavy atom. The van der Waals surface area contributed by atoms with Gasteiger partial charge in [0, 0.05) is 56.9 Å². The number of amides is 1. The molecule has 0 bridgehead atoms. The van der Waals surface area contributed by atoms with Gasteiger partial charge in [-0.2, -0.15) is 0 Å². The third-order valence-corrected chi connectivity index (χ3v) is 5.21. The van der Waals surface area contributed by atoms with Crippen LogP contribution in [-0.2, 0) is 6.54 Å². The van der Waals surface area contributed by atoms with Gasteiger partial charge >= 0.3 is 6.01 Å². The number of piperazine rings is 1. The van der Waals surface area contributed by atoms with Crippen LogP contribution in [0.3, 0.4) is 0 Å². The van der Waals surface area contributed by atoms with Gasteiger partial charge in [-0.1, -0.05) is 12.1 Å². The molecular weight excluding hydrogens is 392 g/mol. The number of benzene rings is 1. The summed E-state index contributed by atoms with van der Waals surface area (Å²) in [7, 11) is 2.13. The first kappa shape index (κ1) is 20.9. The summed E-state index contributed by atoms with van der Waals surface area (Å²) < 4.78 is 5.75. The summed E-state index contributed by atoms with van der Waals surface area (Å²) in [5.41, 5.74) is 2.82. The fourth-order valence-corrected chi connectivity index (χ4v) is 3.35. The van der Waals surface area contributed by atoms with Gasteiger partial charge in [-0.25, -0.2) is 15.0 Å². The minimum Gasteiger partial charge on any atom is -0.424 e. The van der Waals surface area contributed by atoms with Crippen LogP contribution in [0.25, 0.3) is 0 Å². The lowest BCUT2D eigenvalue weighted by molar-refractivity contribution is 0.102. The number of hydrogen-bond acceptors (Lipinski definition) is 7. The monoisotopic (exact) mass is 418 g/mol. The lowest BCUT2D eigenvalue weighted by Gasteiger charge is -2.32. The van der Waals surface area contributed by atoms with Crippen LogP contribution in [0.15, 0.2) is 54.9 Å². The van der Waals surface area contributed by atoms with Gasteiger partial charge in [0.05, 0.1) is 5.69 Å². The van der Waals surface area contributed by atoms with Gasteiger partial charge in [-0.15, -0.1) is 0 Å². The molecule has 8 heteroatoms. The molecule has 1 aromatic carbocycles. The van der Waals surface area contributed by atoms with Crippen molar-refractivity contribution in [2.24, 2.45) is 0 Å². The predicted octanol–water partition coefficient (Wildman–Crippen LogP) is 2.97. The third kappa shape index (κ3) is 5.62. The Morgan fingerprint density at radius 3 is 2.61 bits per heavy atom. The number of pyridine rings is 1. The molecule has 1 N–H and O–H groups in total. The maximum absolute atomic E-state index is 12.8. The molecular formula is C23H26N6O2. The van der Waals surface area contributed by atoms with E-state index in [1.54, 1.807) is 30.6 Å². The van der Waals surface area contributed by atoms with Crippen molar-refractivity contribution in [2.75, 3.05) is 38.5 Å². The molecule has 8 nitrogen and oxygen atoms in total. The quantitative estimate of drug-likeness (QED) is 0.659. The fraction of sp³-hybridized carbons (Fsp3) is 0.304. The molecule has 4 rings (SSSR count). The lowest BCUT2D eigenvalue weighted by atomic mass is 10.2. The third-order valence-electron chi connectivity index (χ3n) is 5.21. The summed E-state index contributed by atoms with van der Waals surface area (Å²) in [4.78, 5) is 30.2. The number of carbonyl (C=O) groups is 1. The van der Waals surface area contributed by atoms with Crippen LogP contribution in [0.4, 0.5) is 5.69 Å². The zero-order valence-electron chi connectivity index (χ0n) is 17.8. The number of rotatable bonds is 6. The van der Waals surface area contributed by atoms with Crippen molar-refractivity contribution >= 4 is 11.6 Å². The van der Waals surface area contributed by atoms with Gasteiger partial charge in [0.15, 0.2) is 0 Å². The number of likely N-dealkylation sites (N-methyl/N-ethyl adjacent to an activating group) is 1. The molecule has 1 amide bonds. The summed E-state index contributed by atoms with van der Waals surface area (Å²) in [6.45, 7) is 6.78. The van der Waals surface area contributed by atoms with Crippen molar-refractivity contribution in [1.29, 1.82) is 0 Å². The zero-order valence-corrected chi connectivity index (χ0v) is 17.8. The van der Waals surface area contributed by atoms with Crippen LogP contribution >= 0.6 is 0 Å². The van der Waals surface area contributed by atoms with Crippen LogP contribution < -0.4 is 10.1 Å². The van der Waals surface area contributed by atoms with E-state index in [1.807, 2.05) is 31.2 Å². The first-order valence-corrected chi connectivity index (χ1v) is 10.3. The molecule has 0 atom stereocenters. The van der Waals surface area contributed by atoms with E-state index < -0.39 is 0 Å². The molecule has 1 aliphatic heterocycles. The highest BCUT2D eigenvalue weighted by Crippen LogP contribution is 2.26. The van der Waals surface area contributed by atoms with Crippen LogP contribution in [0.1, 0.15) is 21.7 Å². The highest BCUT2D eigenvalue weighted by Gasteiger charge is 2.16. The lowest BCUT2D eigenvalue weighted by Crippen LogP contribution is -2.44. The molecule has 2 aromatic heterocycles. The number of hydrogen-bond donors (Lipinski definition) is 1. The van der Waals surface area contributed by atoms with Crippen molar-refractivity contribution in [2.45, 2.75) is 13.5 Å². The van der Waals surface area contributed by atoms with E-state index in [0.29, 0.717) is 17.1 Å². The minimum absolute atomic E-state index is 0.257. The molecule has 3 heterocycles. The zero-order chi connectivity index (χ0) is 21.6. The Bertz CT molecular complexity index is 1040. The molecule has 0 radical (unpaired) electrons. The highest BCUT2D eigenvalue weighted by atomic mass is 16.5. The number of nitrogens with zero attached hydrogens (tertiary/aromatic N) is 5. The SMILES string of the molecule is Cc1ccc(NC(=O)c2cccc(CN3CCN(C)CC3)n2)cc1Oc1ncccn1. The van der Waals surface area contributed by atoms with Crippen molar-refractivity contribution in [3.8, 4) is 11.8 Å². The van der Waals surface area contributed by atoms with Gasteiger partial charge in [0.2, 0.25) is 0 Å². The van der Waals surface area contributed by atoms with E-state index >= 15 is 0 Å². The van der Waals surface area contributed by atoms with Crippen LogP contribution in [0, 0.1) is 6.92 Å². The largest absolute Gasteiger partial charge is 0.424 e. The Morgan fingerprint density at radius 1 is 1.06 bits per heavy atom. The minimum atomic E-state index is -0.258. The summed E-state index contributed by atoms with van der Waals surface area (Å²) in [6, 6.07) is 13.0. The van der Waals surface area contributed by atoms with E-state index in [9.17, 15) is 4.79 Å². The van der Waals surface area contributed by atoms with Gasteiger partial charge in [-0.3, -0.25) is 9.69 Å². The van der Waals surface area contributed by atoms with Crippen LogP contribution in [0.5, 0.6) is 11.8 Å². The highest BCUT2D eigenvalue weighted by molar-refractivity contribution is 6.03. The van der Waals surface area contributed by atoms with Gasteiger partial charge < -0.3 is 15.0 Å². The molecule has 0 aliphatic carbocycles. The van der Waals surface area contributed by atoms with E-state index in [2.05, 4.69) is 37.1 Å². The van der Waals surface area contributed by atoms with Gasteiger partial charge in [0.25, 0.3) is 5.91 Å². The fourth-order valence-electron chi connectivity index (χ4n) is 3.35. The van der Waals surface area contributed by atoms with Crippen molar-refractivity contribution in [3.05, 3.63) is 71.8 Å². The molecule has 1 saturated heterocycles. The molecule has 160 valence electrons. The number of carbonyl (C=O) groups excluding carboxylic acids is 1. The topological polar surface area (TPSA) is 83.5 Å². The second kappa shape index (κ2) is 9.63. The standard InChI is InChI=1S/C23H26N6O2/c1-17-7-8-18(15-21(17)31-23-24-9-4-10-25-23)27-22(30)20-6-3-5-19(26-20)16-29-13-11-28(2)12-14-29/h3-10,15H,11-14,16H2,1-2H3,(H,27,30). The molecule has 3 aromatic rings. The molecule has 0 saturated carbocycles. The van der Waals surface area contributed by atoms with Crippen molar-refractivity contribution in [3.63, 3.8) is 0 Å². The maximum Gasteiger partial charge on any atom is 0.321 e. The summed E-state index contributed by atoms with van der Waals surface area (Å²) in [5.74, 6) is 0.326. The average Bonchev–Trinajstić information content (AvgIpc) is 2.78. The Labute approximate surface area is 181 Å². The number of nitrogens with one attached hydrogen (secondary N) is 1. The predicted molar refractivity (Wildman–Crippen MR) is 118 cm³/mol. The molecule has 1 fully saturated rings. The summed E-state index contributed by atoms with van der Waals surface area (Å²) >= 11 is 0. The maximum atomic E-state index is 12.8. The Hall–Kier alpha value is -3.36. The summed E-state index contributed by atoms with van der Waals surface area (Å²) in [5, 5.41) is 2.91. The second-order valence-corrected chi connectivity index (χ2v) is 7.66. The van der Waals surface area contributed by atoms with E-state index in [1.165, 1.54) is 0 Å². The molecule has 0 spiro atoms. The number of ether oxygens (including phenoxy) is 1. The van der Waals surface area contributed by atoms with E-state index in [-0.39, 0.29) is 11.9 Å². The first-order valence-electron chi connectivity index (χ1n) is 10.3. The molecule has 0 unspecified atom stereocenters. The van der Waals surface area contributed by atoms with Crippen LogP contribution in [0.2, 0.25) is 0 Å². The van der Waals surface area contributed by atoms with Crippen LogP contribution in [-0.4, -0.2) is 63.9 Å². The van der Waals surface area contributed by atoms with Crippen molar-refractivity contribution in [1.82, 2.24) is 24.8 Å². The van der Waals surface area contributed by atoms with Crippen molar-refractivity contribution < 1.29 is 9.53 Å². The average molecular weight is 419 g/mol. The first-order chi connectivity index (χ1) is 15.1. The van der Waals surface area contributed by atoms with Gasteiger partial charge in [-0.05, 0) is 43.8 Å². The Balaban J connectivity index is 1.43. The molecule has 31 heavy (non-hydrogen) atoms. The Kier molecular flexibility index (Phi) is 6.49. The number of anilines is 1. The van der Waals surface area contributed by atoms with Gasteiger partial charge in [0.1, 0.15) is 11.4 Å². The smallest absolute Gasteiger partial charge is 0.321 e. The second-order valence-electron chi connectivity index (χ2n) is 7.66. The number of aromatic nitrogens is 3. The summed E-state index contributed by atoms with van der Waals surface area (Å²) in [6.07, 6.45) is 3.23. The van der Waals surface area contributed by atoms with E-state index in [0.717, 1.165) is 44.0 Å². The normalized spacial score (nSPS) is 14.9. The number of aryl methyl sites for hydroxylation is 1. The van der Waals surface area contributed by atoms with E-state index in [4.69, 9.17) is 4.74 Å².